The summed E-state index contributed by atoms with van der Waals surface area (Å²) in [6.07, 6.45) is 2.91. The Hall–Kier alpha value is -2.38. The number of carbonyl (C=O) groups is 4. The Balaban J connectivity index is 1.70. The zero-order valence-corrected chi connectivity index (χ0v) is 19.8. The summed E-state index contributed by atoms with van der Waals surface area (Å²) in [6.45, 7) is 2.25. The molecule has 5 rings (SSSR count). The van der Waals surface area contributed by atoms with Gasteiger partial charge in [-0.1, -0.05) is 30.7 Å². The number of allylic oxidation sites excluding steroid dienone is 2. The summed E-state index contributed by atoms with van der Waals surface area (Å²) >= 11 is 14.1. The number of hydrogen-bond donors (Lipinski definition) is 1. The second kappa shape index (κ2) is 7.31. The molecule has 7 nitrogen and oxygen atoms in total. The van der Waals surface area contributed by atoms with Crippen LogP contribution in [0.4, 0.5) is 0 Å². The highest BCUT2D eigenvalue weighted by molar-refractivity contribution is 6.53. The second-order valence-corrected chi connectivity index (χ2v) is 10.7. The normalized spacial score (nSPS) is 37.8. The van der Waals surface area contributed by atoms with Crippen molar-refractivity contribution in [2.24, 2.45) is 17.8 Å². The number of phenolic OH excluding ortho intramolecular Hbond substituents is 1. The van der Waals surface area contributed by atoms with Gasteiger partial charge >= 0.3 is 0 Å². The first-order valence-electron chi connectivity index (χ1n) is 11.1. The van der Waals surface area contributed by atoms with Gasteiger partial charge in [0.15, 0.2) is 9.75 Å². The minimum atomic E-state index is -1.79. The Morgan fingerprint density at radius 2 is 1.70 bits per heavy atom. The predicted octanol–water partition coefficient (Wildman–Crippen LogP) is 2.79. The molecule has 4 amide bonds. The zero-order chi connectivity index (χ0) is 23.9. The van der Waals surface area contributed by atoms with Gasteiger partial charge in [0.2, 0.25) is 11.8 Å². The maximum atomic E-state index is 13.4. The van der Waals surface area contributed by atoms with Gasteiger partial charge in [-0.05, 0) is 42.9 Å². The first-order chi connectivity index (χ1) is 15.6. The zero-order valence-electron chi connectivity index (χ0n) is 18.3. The van der Waals surface area contributed by atoms with E-state index in [0.29, 0.717) is 24.9 Å². The largest absolute Gasteiger partial charge is 0.508 e. The van der Waals surface area contributed by atoms with Crippen LogP contribution in [0.1, 0.15) is 37.7 Å². The summed E-state index contributed by atoms with van der Waals surface area (Å²) in [4.78, 5) is 51.7. The molecule has 33 heavy (non-hydrogen) atoms. The van der Waals surface area contributed by atoms with Crippen molar-refractivity contribution >= 4 is 46.8 Å². The summed E-state index contributed by atoms with van der Waals surface area (Å²) in [5.74, 6) is -4.04. The van der Waals surface area contributed by atoms with Crippen LogP contribution < -0.4 is 0 Å². The number of rotatable bonds is 3. The number of halogens is 2. The van der Waals surface area contributed by atoms with E-state index in [-0.39, 0.29) is 24.0 Å². The fourth-order valence-corrected chi connectivity index (χ4v) is 7.31. The Kier molecular flexibility index (Phi) is 4.96. The van der Waals surface area contributed by atoms with Gasteiger partial charge in [-0.25, -0.2) is 0 Å². The number of amides is 4. The average molecular weight is 491 g/mol. The fraction of sp³-hybridized carbons (Fsp3) is 0.500. The van der Waals surface area contributed by atoms with Crippen LogP contribution in [-0.2, 0) is 19.2 Å². The fourth-order valence-electron chi connectivity index (χ4n) is 6.29. The average Bonchev–Trinajstić information content (AvgIpc) is 3.10. The van der Waals surface area contributed by atoms with Crippen molar-refractivity contribution in [3.8, 4) is 5.75 Å². The lowest BCUT2D eigenvalue weighted by Crippen LogP contribution is -2.60. The Labute approximate surface area is 201 Å². The molecule has 2 saturated heterocycles. The van der Waals surface area contributed by atoms with Gasteiger partial charge in [-0.15, -0.1) is 23.2 Å². The summed E-state index contributed by atoms with van der Waals surface area (Å²) in [6, 6.07) is 6.27. The van der Waals surface area contributed by atoms with Gasteiger partial charge in [0.25, 0.3) is 11.8 Å². The Morgan fingerprint density at radius 3 is 2.33 bits per heavy atom. The first kappa shape index (κ1) is 22.4. The molecule has 0 bridgehead atoms. The molecule has 9 heteroatoms. The molecule has 2 aliphatic carbocycles. The van der Waals surface area contributed by atoms with Crippen LogP contribution in [0.5, 0.6) is 5.75 Å². The maximum absolute atomic E-state index is 13.4. The van der Waals surface area contributed by atoms with Gasteiger partial charge in [-0.2, -0.15) is 0 Å². The molecule has 4 aliphatic rings. The van der Waals surface area contributed by atoms with E-state index < -0.39 is 45.2 Å². The molecule has 1 aromatic carbocycles. The highest BCUT2D eigenvalue weighted by Crippen LogP contribution is 2.65. The lowest BCUT2D eigenvalue weighted by Gasteiger charge is -2.50. The molecule has 0 aromatic heterocycles. The van der Waals surface area contributed by atoms with Crippen LogP contribution in [0.3, 0.4) is 0 Å². The molecule has 1 aromatic rings. The van der Waals surface area contributed by atoms with Crippen molar-refractivity contribution in [2.45, 2.75) is 41.9 Å². The highest BCUT2D eigenvalue weighted by atomic mass is 35.5. The monoisotopic (exact) mass is 490 g/mol. The quantitative estimate of drug-likeness (QED) is 0.399. The van der Waals surface area contributed by atoms with Crippen LogP contribution in [0, 0.1) is 17.8 Å². The smallest absolute Gasteiger partial charge is 0.253 e. The van der Waals surface area contributed by atoms with Crippen molar-refractivity contribution in [1.29, 1.82) is 0 Å². The topological polar surface area (TPSA) is 95.0 Å². The van der Waals surface area contributed by atoms with Crippen LogP contribution in [-0.4, -0.2) is 61.9 Å². The number of fused-ring (bicyclic) bond motifs is 4. The number of aromatic hydroxyl groups is 1. The number of alkyl halides is 2. The Bertz CT molecular complexity index is 1120. The van der Waals surface area contributed by atoms with E-state index in [2.05, 4.69) is 0 Å². The third kappa shape index (κ3) is 2.69. The molecule has 2 aliphatic heterocycles. The van der Waals surface area contributed by atoms with E-state index in [1.54, 1.807) is 12.1 Å². The number of benzene rings is 1. The van der Waals surface area contributed by atoms with E-state index in [0.717, 1.165) is 10.5 Å². The van der Waals surface area contributed by atoms with E-state index >= 15 is 0 Å². The van der Waals surface area contributed by atoms with E-state index in [1.165, 1.54) is 24.1 Å². The molecule has 2 heterocycles. The standard InChI is InChI=1S/C24H24Cl2N2O5/c1-3-10-28-19(30)15-9-8-14-16(17(15)20(28)31)11-23(25)21(32)27(2)22(33)24(23,26)18(14)12-4-6-13(29)7-5-12/h4-8,15-18,29H,3,9-11H2,1-2H3/t15-,16+,17-,18-,23+,24-/m0/s1. The van der Waals surface area contributed by atoms with Gasteiger partial charge in [0, 0.05) is 19.5 Å². The number of nitrogens with zero attached hydrogens (tertiary/aromatic N) is 2. The van der Waals surface area contributed by atoms with Gasteiger partial charge in [0.1, 0.15) is 5.75 Å². The number of carbonyl (C=O) groups excluding carboxylic acids is 4. The lowest BCUT2D eigenvalue weighted by molar-refractivity contribution is -0.141. The summed E-state index contributed by atoms with van der Waals surface area (Å²) in [7, 11) is 1.36. The third-order valence-corrected chi connectivity index (χ3v) is 9.19. The predicted molar refractivity (Wildman–Crippen MR) is 121 cm³/mol. The summed E-state index contributed by atoms with van der Waals surface area (Å²) in [5.41, 5.74) is 1.37. The molecule has 174 valence electrons. The molecule has 6 atom stereocenters. The molecule has 0 unspecified atom stereocenters. The highest BCUT2D eigenvalue weighted by Gasteiger charge is 2.75. The van der Waals surface area contributed by atoms with Crippen molar-refractivity contribution in [1.82, 2.24) is 9.80 Å². The van der Waals surface area contributed by atoms with Gasteiger partial charge in [0.05, 0.1) is 11.8 Å². The molecule has 3 fully saturated rings. The maximum Gasteiger partial charge on any atom is 0.253 e. The second-order valence-electron chi connectivity index (χ2n) is 9.42. The number of hydrogen-bond acceptors (Lipinski definition) is 5. The van der Waals surface area contributed by atoms with Gasteiger partial charge in [-0.3, -0.25) is 29.0 Å². The van der Waals surface area contributed by atoms with Crippen molar-refractivity contribution in [3.05, 3.63) is 41.5 Å². The lowest BCUT2D eigenvalue weighted by atomic mass is 9.56. The number of imide groups is 2. The van der Waals surface area contributed by atoms with Gasteiger partial charge < -0.3 is 5.11 Å². The number of likely N-dealkylation sites (tertiary alicyclic amines) is 2. The SMILES string of the molecule is CCCN1C(=O)[C@H]2[C@H](CC=C3[C@H]2C[C@@]2(Cl)C(=O)N(C)C(=O)[C@@]2(Cl)[C@H]3c2ccc(O)cc2)C1=O. The molecule has 0 radical (unpaired) electrons. The minimum absolute atomic E-state index is 0.00641. The van der Waals surface area contributed by atoms with Crippen molar-refractivity contribution in [3.63, 3.8) is 0 Å². The van der Waals surface area contributed by atoms with Crippen LogP contribution in [0.2, 0.25) is 0 Å². The van der Waals surface area contributed by atoms with Crippen molar-refractivity contribution in [2.75, 3.05) is 13.6 Å². The third-order valence-electron chi connectivity index (χ3n) is 7.78. The van der Waals surface area contributed by atoms with E-state index in [1.807, 2.05) is 13.0 Å². The van der Waals surface area contributed by atoms with Crippen LogP contribution >= 0.6 is 23.2 Å². The van der Waals surface area contributed by atoms with Crippen molar-refractivity contribution < 1.29 is 24.3 Å². The molecular weight excluding hydrogens is 467 g/mol. The number of phenols is 1. The minimum Gasteiger partial charge on any atom is -0.508 e. The summed E-state index contributed by atoms with van der Waals surface area (Å²) in [5, 5.41) is 9.80. The molecular formula is C24H24Cl2N2O5. The van der Waals surface area contributed by atoms with E-state index in [4.69, 9.17) is 23.2 Å². The molecule has 1 saturated carbocycles. The Morgan fingerprint density at radius 1 is 1.03 bits per heavy atom. The van der Waals surface area contributed by atoms with E-state index in [9.17, 15) is 24.3 Å². The summed E-state index contributed by atoms with van der Waals surface area (Å²) < 4.78 is 0. The molecule has 0 spiro atoms. The van der Waals surface area contributed by atoms with Crippen LogP contribution in [0.15, 0.2) is 35.9 Å². The first-order valence-corrected chi connectivity index (χ1v) is 11.9. The van der Waals surface area contributed by atoms with Crippen LogP contribution in [0.25, 0.3) is 0 Å². The molecule has 1 N–H and O–H groups in total.